The highest BCUT2D eigenvalue weighted by molar-refractivity contribution is 5.82. The van der Waals surface area contributed by atoms with E-state index >= 15 is 0 Å². The molecule has 2 rings (SSSR count). The van der Waals surface area contributed by atoms with Gasteiger partial charge in [0.1, 0.15) is 5.78 Å². The summed E-state index contributed by atoms with van der Waals surface area (Å²) in [5, 5.41) is 0. The molecule has 0 saturated carbocycles. The number of aryl methyl sites for hydroxylation is 1. The van der Waals surface area contributed by atoms with Gasteiger partial charge in [0.15, 0.2) is 0 Å². The van der Waals surface area contributed by atoms with Crippen molar-refractivity contribution < 1.29 is 4.79 Å². The minimum atomic E-state index is 0.260. The van der Waals surface area contributed by atoms with Gasteiger partial charge in [-0.25, -0.2) is 0 Å². The van der Waals surface area contributed by atoms with Crippen molar-refractivity contribution in [1.29, 1.82) is 0 Å². The normalized spacial score (nSPS) is 19.6. The minimum absolute atomic E-state index is 0.260. The smallest absolute Gasteiger partial charge is 0.137 e. The third-order valence-corrected chi connectivity index (χ3v) is 3.51. The molecule has 0 aromatic heterocycles. The van der Waals surface area contributed by atoms with E-state index < -0.39 is 0 Å². The van der Waals surface area contributed by atoms with Gasteiger partial charge in [-0.2, -0.15) is 0 Å². The van der Waals surface area contributed by atoms with Crippen molar-refractivity contribution in [2.45, 2.75) is 33.1 Å². The molecule has 0 amide bonds. The summed E-state index contributed by atoms with van der Waals surface area (Å²) in [6, 6.07) is 8.54. The van der Waals surface area contributed by atoms with E-state index in [1.165, 1.54) is 11.3 Å². The molecule has 1 fully saturated rings. The van der Waals surface area contributed by atoms with Crippen LogP contribution in [-0.4, -0.2) is 18.9 Å². The second-order valence-electron chi connectivity index (χ2n) is 4.99. The zero-order chi connectivity index (χ0) is 12.3. The van der Waals surface area contributed by atoms with Crippen LogP contribution < -0.4 is 4.90 Å². The molecule has 0 radical (unpaired) electrons. The van der Waals surface area contributed by atoms with Crippen LogP contribution in [0.15, 0.2) is 24.3 Å². The molecule has 1 unspecified atom stereocenters. The van der Waals surface area contributed by atoms with Crippen molar-refractivity contribution in [3.63, 3.8) is 0 Å². The van der Waals surface area contributed by atoms with Crippen molar-refractivity contribution >= 4 is 11.5 Å². The molecule has 1 heterocycles. The van der Waals surface area contributed by atoms with Crippen LogP contribution in [0, 0.1) is 12.8 Å². The highest BCUT2D eigenvalue weighted by atomic mass is 16.1. The first-order chi connectivity index (χ1) is 8.20. The largest absolute Gasteiger partial charge is 0.371 e. The highest BCUT2D eigenvalue weighted by Crippen LogP contribution is 2.25. The first-order valence-corrected chi connectivity index (χ1v) is 6.55. The lowest BCUT2D eigenvalue weighted by Gasteiger charge is -2.18. The molecule has 2 heteroatoms. The number of carbonyl (C=O) groups excluding carboxylic acids is 1. The van der Waals surface area contributed by atoms with Crippen LogP contribution in [0.3, 0.4) is 0 Å². The summed E-state index contributed by atoms with van der Waals surface area (Å²) in [7, 11) is 0. The number of carbonyl (C=O) groups is 1. The molecule has 1 aliphatic rings. The molecule has 1 saturated heterocycles. The topological polar surface area (TPSA) is 20.3 Å². The Hall–Kier alpha value is -1.31. The number of ketones is 1. The van der Waals surface area contributed by atoms with Crippen LogP contribution in [0.2, 0.25) is 0 Å². The SMILES string of the molecule is CCCC(=O)C1CCN(c2cccc(C)c2)C1. The van der Waals surface area contributed by atoms with E-state index in [9.17, 15) is 4.79 Å². The lowest BCUT2D eigenvalue weighted by atomic mass is 10.00. The van der Waals surface area contributed by atoms with E-state index in [1.807, 2.05) is 0 Å². The highest BCUT2D eigenvalue weighted by Gasteiger charge is 2.27. The van der Waals surface area contributed by atoms with Gasteiger partial charge in [0, 0.05) is 31.1 Å². The predicted octanol–water partition coefficient (Wildman–Crippen LogP) is 3.19. The summed E-state index contributed by atoms with van der Waals surface area (Å²) >= 11 is 0. The summed E-state index contributed by atoms with van der Waals surface area (Å²) in [4.78, 5) is 14.2. The Morgan fingerprint density at radius 2 is 2.29 bits per heavy atom. The summed E-state index contributed by atoms with van der Waals surface area (Å²) in [6.07, 6.45) is 2.73. The average molecular weight is 231 g/mol. The fraction of sp³-hybridized carbons (Fsp3) is 0.533. The number of hydrogen-bond donors (Lipinski definition) is 0. The molecule has 0 N–H and O–H groups in total. The molecular weight excluding hydrogens is 210 g/mol. The third-order valence-electron chi connectivity index (χ3n) is 3.51. The molecule has 1 aliphatic heterocycles. The Morgan fingerprint density at radius 3 is 3.00 bits per heavy atom. The van der Waals surface area contributed by atoms with Crippen LogP contribution in [0.25, 0.3) is 0 Å². The Morgan fingerprint density at radius 1 is 1.47 bits per heavy atom. The van der Waals surface area contributed by atoms with Crippen molar-refractivity contribution in [1.82, 2.24) is 0 Å². The van der Waals surface area contributed by atoms with Gasteiger partial charge in [-0.3, -0.25) is 4.79 Å². The minimum Gasteiger partial charge on any atom is -0.371 e. The van der Waals surface area contributed by atoms with Crippen molar-refractivity contribution in [3.05, 3.63) is 29.8 Å². The molecule has 1 aromatic rings. The molecular formula is C15H21NO. The number of Topliss-reactive ketones (excluding diaryl/α,β-unsaturated/α-hetero) is 1. The second kappa shape index (κ2) is 5.35. The molecule has 0 bridgehead atoms. The van der Waals surface area contributed by atoms with E-state index in [4.69, 9.17) is 0 Å². The van der Waals surface area contributed by atoms with Crippen LogP contribution >= 0.6 is 0 Å². The van der Waals surface area contributed by atoms with Gasteiger partial charge in [-0.1, -0.05) is 19.1 Å². The molecule has 1 atom stereocenters. The first kappa shape index (κ1) is 12.2. The summed E-state index contributed by atoms with van der Waals surface area (Å²) in [5.74, 6) is 0.707. The van der Waals surface area contributed by atoms with E-state index in [0.29, 0.717) is 5.78 Å². The first-order valence-electron chi connectivity index (χ1n) is 6.55. The maximum Gasteiger partial charge on any atom is 0.137 e. The Kier molecular flexibility index (Phi) is 3.82. The van der Waals surface area contributed by atoms with Crippen molar-refractivity contribution in [2.75, 3.05) is 18.0 Å². The monoisotopic (exact) mass is 231 g/mol. The van der Waals surface area contributed by atoms with E-state index in [-0.39, 0.29) is 5.92 Å². The van der Waals surface area contributed by atoms with Gasteiger partial charge in [0.2, 0.25) is 0 Å². The Labute approximate surface area is 104 Å². The molecule has 1 aromatic carbocycles. The van der Waals surface area contributed by atoms with Crippen LogP contribution in [-0.2, 0) is 4.79 Å². The summed E-state index contributed by atoms with van der Waals surface area (Å²) in [5.41, 5.74) is 2.54. The average Bonchev–Trinajstić information content (AvgIpc) is 2.78. The lowest BCUT2D eigenvalue weighted by Crippen LogP contribution is -2.22. The van der Waals surface area contributed by atoms with Crippen LogP contribution in [0.4, 0.5) is 5.69 Å². The fourth-order valence-corrected chi connectivity index (χ4v) is 2.53. The molecule has 0 spiro atoms. The number of nitrogens with zero attached hydrogens (tertiary/aromatic N) is 1. The maximum atomic E-state index is 11.9. The molecule has 92 valence electrons. The van der Waals surface area contributed by atoms with Crippen LogP contribution in [0.5, 0.6) is 0 Å². The van der Waals surface area contributed by atoms with Gasteiger partial charge in [-0.05, 0) is 37.5 Å². The van der Waals surface area contributed by atoms with Gasteiger partial charge in [-0.15, -0.1) is 0 Å². The standard InChI is InChI=1S/C15H21NO/c1-3-5-15(17)13-8-9-16(11-13)14-7-4-6-12(2)10-14/h4,6-7,10,13H,3,5,8-9,11H2,1-2H3. The lowest BCUT2D eigenvalue weighted by molar-refractivity contribution is -0.122. The van der Waals surface area contributed by atoms with Gasteiger partial charge in [0.05, 0.1) is 0 Å². The summed E-state index contributed by atoms with van der Waals surface area (Å²) in [6.45, 7) is 6.11. The zero-order valence-corrected chi connectivity index (χ0v) is 10.8. The number of benzene rings is 1. The number of hydrogen-bond acceptors (Lipinski definition) is 2. The number of anilines is 1. The van der Waals surface area contributed by atoms with E-state index in [1.54, 1.807) is 0 Å². The summed E-state index contributed by atoms with van der Waals surface area (Å²) < 4.78 is 0. The maximum absolute atomic E-state index is 11.9. The van der Waals surface area contributed by atoms with Crippen molar-refractivity contribution in [3.8, 4) is 0 Å². The molecule has 0 aliphatic carbocycles. The zero-order valence-electron chi connectivity index (χ0n) is 10.8. The van der Waals surface area contributed by atoms with Gasteiger partial charge < -0.3 is 4.90 Å². The van der Waals surface area contributed by atoms with Gasteiger partial charge in [0.25, 0.3) is 0 Å². The Bertz CT molecular complexity index is 400. The van der Waals surface area contributed by atoms with E-state index in [0.717, 1.165) is 32.4 Å². The molecule has 17 heavy (non-hydrogen) atoms. The van der Waals surface area contributed by atoms with E-state index in [2.05, 4.69) is 43.0 Å². The predicted molar refractivity (Wildman–Crippen MR) is 71.4 cm³/mol. The second-order valence-corrected chi connectivity index (χ2v) is 4.99. The Balaban J connectivity index is 2.00. The molecule has 2 nitrogen and oxygen atoms in total. The fourth-order valence-electron chi connectivity index (χ4n) is 2.53. The third kappa shape index (κ3) is 2.87. The quantitative estimate of drug-likeness (QED) is 0.793. The van der Waals surface area contributed by atoms with Crippen LogP contribution in [0.1, 0.15) is 31.7 Å². The number of rotatable bonds is 4. The van der Waals surface area contributed by atoms with Gasteiger partial charge >= 0.3 is 0 Å². The van der Waals surface area contributed by atoms with Crippen molar-refractivity contribution in [2.24, 2.45) is 5.92 Å².